The molecule has 0 aromatic carbocycles. The third-order valence-corrected chi connectivity index (χ3v) is 5.07. The molecule has 1 aliphatic rings. The third kappa shape index (κ3) is 4.74. The van der Waals surface area contributed by atoms with Crippen LogP contribution in [0.5, 0.6) is 0 Å². The average Bonchev–Trinajstić information content (AvgIpc) is 2.60. The van der Waals surface area contributed by atoms with Crippen molar-refractivity contribution in [1.29, 1.82) is 0 Å². The molecule has 4 heteroatoms. The van der Waals surface area contributed by atoms with Gasteiger partial charge in [0.25, 0.3) is 0 Å². The van der Waals surface area contributed by atoms with E-state index in [1.807, 2.05) is 14.0 Å². The van der Waals surface area contributed by atoms with Crippen LogP contribution in [0.3, 0.4) is 0 Å². The lowest BCUT2D eigenvalue weighted by Gasteiger charge is -2.31. The average molecular weight is 283 g/mol. The zero-order chi connectivity index (χ0) is 15.4. The maximum atomic E-state index is 11.5. The van der Waals surface area contributed by atoms with Crippen molar-refractivity contribution in [2.45, 2.75) is 58.9 Å². The van der Waals surface area contributed by atoms with E-state index in [0.29, 0.717) is 5.41 Å². The zero-order valence-corrected chi connectivity index (χ0v) is 14.0. The molecule has 118 valence electrons. The van der Waals surface area contributed by atoms with Crippen LogP contribution < -0.4 is 11.1 Å². The maximum absolute atomic E-state index is 11.5. The van der Waals surface area contributed by atoms with E-state index in [9.17, 15) is 4.79 Å². The molecule has 0 aromatic rings. The molecule has 0 aliphatic carbocycles. The first kappa shape index (κ1) is 17.4. The highest BCUT2D eigenvalue weighted by molar-refractivity contribution is 5.84. The molecule has 3 N–H and O–H groups in total. The third-order valence-electron chi connectivity index (χ3n) is 5.07. The van der Waals surface area contributed by atoms with Crippen molar-refractivity contribution < 1.29 is 4.79 Å². The molecule has 0 aromatic heterocycles. The Balaban J connectivity index is 2.49. The number of hydrogen-bond donors (Lipinski definition) is 2. The fourth-order valence-electron chi connectivity index (χ4n) is 3.00. The lowest BCUT2D eigenvalue weighted by Crippen LogP contribution is -2.53. The summed E-state index contributed by atoms with van der Waals surface area (Å²) in [6, 6.07) is 0. The van der Waals surface area contributed by atoms with Crippen LogP contribution in [0.2, 0.25) is 0 Å². The van der Waals surface area contributed by atoms with E-state index in [2.05, 4.69) is 31.0 Å². The Hall–Kier alpha value is -0.610. The van der Waals surface area contributed by atoms with Gasteiger partial charge in [-0.2, -0.15) is 0 Å². The number of likely N-dealkylation sites (tertiary alicyclic amines) is 1. The summed E-state index contributed by atoms with van der Waals surface area (Å²) in [7, 11) is 1.81. The van der Waals surface area contributed by atoms with Gasteiger partial charge in [0.05, 0.1) is 5.54 Å². The van der Waals surface area contributed by atoms with Crippen LogP contribution in [-0.2, 0) is 4.79 Å². The Morgan fingerprint density at radius 1 is 1.25 bits per heavy atom. The van der Waals surface area contributed by atoms with Crippen LogP contribution >= 0.6 is 0 Å². The monoisotopic (exact) mass is 283 g/mol. The first-order valence-corrected chi connectivity index (χ1v) is 7.90. The van der Waals surface area contributed by atoms with Gasteiger partial charge in [0.15, 0.2) is 0 Å². The lowest BCUT2D eigenvalue weighted by atomic mass is 9.77. The summed E-state index contributed by atoms with van der Waals surface area (Å²) in [4.78, 5) is 14.0. The first-order chi connectivity index (χ1) is 9.19. The van der Waals surface area contributed by atoms with Crippen molar-refractivity contribution in [2.24, 2.45) is 17.1 Å². The standard InChI is InChI=1S/C16H33N3O/c1-15(2,3)13-7-6-10-19(11-8-13)12-9-16(4,18-5)14(17)20/h13,18H,6-12H2,1-5H3,(H2,17,20). The molecule has 1 amide bonds. The minimum Gasteiger partial charge on any atom is -0.368 e. The largest absolute Gasteiger partial charge is 0.368 e. The van der Waals surface area contributed by atoms with Crippen LogP contribution in [-0.4, -0.2) is 43.0 Å². The van der Waals surface area contributed by atoms with Crippen LogP contribution in [0.4, 0.5) is 0 Å². The zero-order valence-electron chi connectivity index (χ0n) is 14.0. The van der Waals surface area contributed by atoms with Crippen molar-refractivity contribution in [3.63, 3.8) is 0 Å². The van der Waals surface area contributed by atoms with E-state index >= 15 is 0 Å². The number of amides is 1. The molecule has 0 spiro atoms. The summed E-state index contributed by atoms with van der Waals surface area (Å²) in [5.41, 5.74) is 5.31. The Bertz CT molecular complexity index is 324. The molecule has 1 heterocycles. The summed E-state index contributed by atoms with van der Waals surface area (Å²) in [5.74, 6) is 0.543. The quantitative estimate of drug-likeness (QED) is 0.811. The molecule has 0 bridgehead atoms. The van der Waals surface area contributed by atoms with Crippen molar-refractivity contribution in [2.75, 3.05) is 26.7 Å². The van der Waals surface area contributed by atoms with E-state index in [4.69, 9.17) is 5.73 Å². The number of carbonyl (C=O) groups is 1. The van der Waals surface area contributed by atoms with Gasteiger partial charge in [-0.15, -0.1) is 0 Å². The van der Waals surface area contributed by atoms with E-state index < -0.39 is 5.54 Å². The fourth-order valence-corrected chi connectivity index (χ4v) is 3.00. The van der Waals surface area contributed by atoms with Gasteiger partial charge < -0.3 is 16.0 Å². The predicted octanol–water partition coefficient (Wildman–Crippen LogP) is 1.99. The molecule has 20 heavy (non-hydrogen) atoms. The summed E-state index contributed by atoms with van der Waals surface area (Å²) in [5, 5.41) is 3.06. The topological polar surface area (TPSA) is 58.4 Å². The van der Waals surface area contributed by atoms with Crippen molar-refractivity contribution in [1.82, 2.24) is 10.2 Å². The maximum Gasteiger partial charge on any atom is 0.237 e. The van der Waals surface area contributed by atoms with Gasteiger partial charge in [0.1, 0.15) is 0 Å². The van der Waals surface area contributed by atoms with Crippen molar-refractivity contribution >= 4 is 5.91 Å². The molecule has 1 aliphatic heterocycles. The molecule has 4 nitrogen and oxygen atoms in total. The van der Waals surface area contributed by atoms with E-state index in [-0.39, 0.29) is 5.91 Å². The highest BCUT2D eigenvalue weighted by atomic mass is 16.1. The van der Waals surface area contributed by atoms with Gasteiger partial charge >= 0.3 is 0 Å². The first-order valence-electron chi connectivity index (χ1n) is 7.90. The molecule has 1 saturated heterocycles. The molecular formula is C16H33N3O. The number of likely N-dealkylation sites (N-methyl/N-ethyl adjacent to an activating group) is 1. The van der Waals surface area contributed by atoms with Crippen LogP contribution in [0.25, 0.3) is 0 Å². The number of carbonyl (C=O) groups excluding carboxylic acids is 1. The van der Waals surface area contributed by atoms with E-state index in [0.717, 1.165) is 32.0 Å². The highest BCUT2D eigenvalue weighted by Gasteiger charge is 2.31. The second kappa shape index (κ2) is 6.90. The Labute approximate surface area is 124 Å². The molecule has 2 atom stereocenters. The number of nitrogens with zero attached hydrogens (tertiary/aromatic N) is 1. The summed E-state index contributed by atoms with van der Waals surface area (Å²) < 4.78 is 0. The van der Waals surface area contributed by atoms with Crippen LogP contribution in [0, 0.1) is 11.3 Å². The Kier molecular flexibility index (Phi) is 6.02. The van der Waals surface area contributed by atoms with E-state index in [1.165, 1.54) is 19.3 Å². The summed E-state index contributed by atoms with van der Waals surface area (Å²) in [6.07, 6.45) is 4.61. The smallest absolute Gasteiger partial charge is 0.237 e. The second-order valence-electron chi connectivity index (χ2n) is 7.53. The van der Waals surface area contributed by atoms with Crippen LogP contribution in [0.1, 0.15) is 53.4 Å². The van der Waals surface area contributed by atoms with Gasteiger partial charge in [-0.05, 0) is 64.1 Å². The van der Waals surface area contributed by atoms with Crippen molar-refractivity contribution in [3.05, 3.63) is 0 Å². The van der Waals surface area contributed by atoms with Gasteiger partial charge in [-0.3, -0.25) is 4.79 Å². The molecule has 1 rings (SSSR count). The SMILES string of the molecule is CNC(C)(CCN1CCCC(C(C)(C)C)CC1)C(N)=O. The molecule has 2 unspecified atom stereocenters. The fraction of sp³-hybridized carbons (Fsp3) is 0.938. The normalized spacial score (nSPS) is 24.9. The summed E-state index contributed by atoms with van der Waals surface area (Å²) >= 11 is 0. The van der Waals surface area contributed by atoms with Gasteiger partial charge in [0, 0.05) is 6.54 Å². The van der Waals surface area contributed by atoms with Gasteiger partial charge in [-0.25, -0.2) is 0 Å². The lowest BCUT2D eigenvalue weighted by molar-refractivity contribution is -0.124. The number of hydrogen-bond acceptors (Lipinski definition) is 3. The van der Waals surface area contributed by atoms with E-state index in [1.54, 1.807) is 0 Å². The molecule has 0 radical (unpaired) electrons. The molecule has 0 saturated carbocycles. The van der Waals surface area contributed by atoms with Crippen molar-refractivity contribution in [3.8, 4) is 0 Å². The number of nitrogens with two attached hydrogens (primary N) is 1. The van der Waals surface area contributed by atoms with Crippen LogP contribution in [0.15, 0.2) is 0 Å². The summed E-state index contributed by atoms with van der Waals surface area (Å²) in [6.45, 7) is 12.2. The molecular weight excluding hydrogens is 250 g/mol. The number of primary amides is 1. The van der Waals surface area contributed by atoms with Gasteiger partial charge in [0.2, 0.25) is 5.91 Å². The number of rotatable bonds is 5. The van der Waals surface area contributed by atoms with Gasteiger partial charge in [-0.1, -0.05) is 20.8 Å². The minimum atomic E-state index is -0.588. The molecule has 1 fully saturated rings. The Morgan fingerprint density at radius 2 is 1.90 bits per heavy atom. The number of nitrogens with one attached hydrogen (secondary N) is 1. The Morgan fingerprint density at radius 3 is 2.40 bits per heavy atom. The predicted molar refractivity (Wildman–Crippen MR) is 84.5 cm³/mol. The highest BCUT2D eigenvalue weighted by Crippen LogP contribution is 2.34. The minimum absolute atomic E-state index is 0.262. The second-order valence-corrected chi connectivity index (χ2v) is 7.53.